The molecule has 0 aliphatic carbocycles. The van der Waals surface area contributed by atoms with Gasteiger partial charge < -0.3 is 15.0 Å². The van der Waals surface area contributed by atoms with E-state index in [-0.39, 0.29) is 23.4 Å². The molecule has 7 heteroatoms. The third kappa shape index (κ3) is 5.72. The minimum atomic E-state index is -0.221. The highest BCUT2D eigenvalue weighted by Crippen LogP contribution is 2.09. The van der Waals surface area contributed by atoms with Gasteiger partial charge in [0.2, 0.25) is 11.8 Å². The Morgan fingerprint density at radius 2 is 1.62 bits per heavy atom. The van der Waals surface area contributed by atoms with E-state index in [2.05, 4.69) is 15.1 Å². The van der Waals surface area contributed by atoms with Gasteiger partial charge in [-0.15, -0.1) is 0 Å². The molecule has 0 saturated carbocycles. The zero-order chi connectivity index (χ0) is 17.7. The lowest BCUT2D eigenvalue weighted by Gasteiger charge is -2.39. The fraction of sp³-hybridized carbons (Fsp3) is 0.882. The molecule has 1 atom stereocenters. The van der Waals surface area contributed by atoms with Crippen LogP contribution in [0.5, 0.6) is 0 Å². The monoisotopic (exact) mass is 340 g/mol. The Labute approximate surface area is 145 Å². The zero-order valence-electron chi connectivity index (χ0n) is 15.5. The average molecular weight is 340 g/mol. The normalized spacial score (nSPS) is 22.2. The summed E-state index contributed by atoms with van der Waals surface area (Å²) in [4.78, 5) is 30.9. The van der Waals surface area contributed by atoms with E-state index >= 15 is 0 Å². The molecule has 2 heterocycles. The van der Waals surface area contributed by atoms with Crippen molar-refractivity contribution < 1.29 is 14.3 Å². The molecule has 0 aromatic heterocycles. The smallest absolute Gasteiger partial charge is 0.237 e. The van der Waals surface area contributed by atoms with Crippen molar-refractivity contribution in [2.24, 2.45) is 0 Å². The average Bonchev–Trinajstić information content (AvgIpc) is 2.53. The summed E-state index contributed by atoms with van der Waals surface area (Å²) < 4.78 is 5.31. The van der Waals surface area contributed by atoms with Crippen molar-refractivity contribution in [3.8, 4) is 0 Å². The lowest BCUT2D eigenvalue weighted by Crippen LogP contribution is -2.57. The summed E-state index contributed by atoms with van der Waals surface area (Å²) in [7, 11) is 0. The van der Waals surface area contributed by atoms with Crippen LogP contribution >= 0.6 is 0 Å². The Bertz CT molecular complexity index is 436. The van der Waals surface area contributed by atoms with E-state index in [1.165, 1.54) is 0 Å². The molecule has 2 rings (SSSR count). The van der Waals surface area contributed by atoms with E-state index in [0.717, 1.165) is 26.2 Å². The highest BCUT2D eigenvalue weighted by atomic mass is 16.5. The SMILES string of the molecule is CC(C(=O)NC(C)(C)C)N1CCN(C(=O)CN2CCOCC2)CC1. The van der Waals surface area contributed by atoms with E-state index in [1.54, 1.807) is 0 Å². The number of hydrogen-bond acceptors (Lipinski definition) is 5. The third-order valence-electron chi connectivity index (χ3n) is 4.55. The molecular weight excluding hydrogens is 308 g/mol. The summed E-state index contributed by atoms with van der Waals surface area (Å²) in [6, 6.07) is -0.166. The maximum atomic E-state index is 12.4. The van der Waals surface area contributed by atoms with Gasteiger partial charge in [0.1, 0.15) is 0 Å². The van der Waals surface area contributed by atoms with Gasteiger partial charge in [-0.05, 0) is 27.7 Å². The van der Waals surface area contributed by atoms with Crippen LogP contribution in [-0.2, 0) is 14.3 Å². The first-order chi connectivity index (χ1) is 11.3. The van der Waals surface area contributed by atoms with Crippen LogP contribution in [0.25, 0.3) is 0 Å². The number of hydrogen-bond donors (Lipinski definition) is 1. The summed E-state index contributed by atoms with van der Waals surface area (Å²) in [5.41, 5.74) is -0.221. The predicted octanol–water partition coefficient (Wildman–Crippen LogP) is -0.234. The number of amides is 2. The van der Waals surface area contributed by atoms with Gasteiger partial charge in [0.15, 0.2) is 0 Å². The Morgan fingerprint density at radius 3 is 2.17 bits per heavy atom. The standard InChI is InChI=1S/C17H32N4O3/c1-14(16(23)18-17(2,3)4)20-5-7-21(8-6-20)15(22)13-19-9-11-24-12-10-19/h14H,5-13H2,1-4H3,(H,18,23). The van der Waals surface area contributed by atoms with E-state index in [0.29, 0.717) is 32.8 Å². The number of morpholine rings is 1. The van der Waals surface area contributed by atoms with E-state index < -0.39 is 0 Å². The number of nitrogens with zero attached hydrogens (tertiary/aromatic N) is 3. The molecule has 2 aliphatic heterocycles. The van der Waals surface area contributed by atoms with Gasteiger partial charge >= 0.3 is 0 Å². The van der Waals surface area contributed by atoms with Gasteiger partial charge in [0.05, 0.1) is 25.8 Å². The second-order valence-corrected chi connectivity index (χ2v) is 7.72. The van der Waals surface area contributed by atoms with Crippen molar-refractivity contribution in [1.82, 2.24) is 20.0 Å². The van der Waals surface area contributed by atoms with Crippen LogP contribution in [0.4, 0.5) is 0 Å². The van der Waals surface area contributed by atoms with Crippen LogP contribution in [0.1, 0.15) is 27.7 Å². The first kappa shape index (κ1) is 19.1. The summed E-state index contributed by atoms with van der Waals surface area (Å²) in [6.45, 7) is 14.3. The van der Waals surface area contributed by atoms with Crippen molar-refractivity contribution in [2.75, 3.05) is 59.0 Å². The molecule has 138 valence electrons. The van der Waals surface area contributed by atoms with Crippen molar-refractivity contribution in [1.29, 1.82) is 0 Å². The molecular formula is C17H32N4O3. The molecule has 0 aromatic rings. The Hall–Kier alpha value is -1.18. The van der Waals surface area contributed by atoms with Crippen LogP contribution in [-0.4, -0.2) is 97.1 Å². The second kappa shape index (κ2) is 8.27. The quantitative estimate of drug-likeness (QED) is 0.766. The molecule has 2 saturated heterocycles. The second-order valence-electron chi connectivity index (χ2n) is 7.72. The van der Waals surface area contributed by atoms with E-state index in [1.807, 2.05) is 32.6 Å². The fourth-order valence-electron chi connectivity index (χ4n) is 3.05. The molecule has 24 heavy (non-hydrogen) atoms. The van der Waals surface area contributed by atoms with E-state index in [4.69, 9.17) is 4.74 Å². The summed E-state index contributed by atoms with van der Waals surface area (Å²) in [5, 5.41) is 3.02. The predicted molar refractivity (Wildman–Crippen MR) is 92.8 cm³/mol. The van der Waals surface area contributed by atoms with Crippen molar-refractivity contribution >= 4 is 11.8 Å². The number of carbonyl (C=O) groups is 2. The largest absolute Gasteiger partial charge is 0.379 e. The van der Waals surface area contributed by atoms with Crippen LogP contribution in [0.15, 0.2) is 0 Å². The number of piperazine rings is 1. The highest BCUT2D eigenvalue weighted by Gasteiger charge is 2.29. The molecule has 0 radical (unpaired) electrons. The molecule has 2 amide bonds. The maximum Gasteiger partial charge on any atom is 0.237 e. The summed E-state index contributed by atoms with van der Waals surface area (Å²) >= 11 is 0. The molecule has 7 nitrogen and oxygen atoms in total. The molecule has 0 bridgehead atoms. The fourth-order valence-corrected chi connectivity index (χ4v) is 3.05. The molecule has 1 N–H and O–H groups in total. The molecule has 2 aliphatic rings. The van der Waals surface area contributed by atoms with Gasteiger partial charge in [0, 0.05) is 44.8 Å². The van der Waals surface area contributed by atoms with Gasteiger partial charge in [-0.1, -0.05) is 0 Å². The van der Waals surface area contributed by atoms with Crippen LogP contribution in [0.3, 0.4) is 0 Å². The maximum absolute atomic E-state index is 12.4. The number of nitrogens with one attached hydrogen (secondary N) is 1. The van der Waals surface area contributed by atoms with Crippen LogP contribution < -0.4 is 5.32 Å². The number of rotatable bonds is 4. The van der Waals surface area contributed by atoms with Crippen LogP contribution in [0, 0.1) is 0 Å². The lowest BCUT2D eigenvalue weighted by atomic mass is 10.1. The molecule has 0 aromatic carbocycles. The molecule has 0 spiro atoms. The number of ether oxygens (including phenoxy) is 1. The minimum absolute atomic E-state index is 0.0515. The van der Waals surface area contributed by atoms with Crippen molar-refractivity contribution in [2.45, 2.75) is 39.3 Å². The highest BCUT2D eigenvalue weighted by molar-refractivity contribution is 5.82. The Kier molecular flexibility index (Phi) is 6.60. The van der Waals surface area contributed by atoms with E-state index in [9.17, 15) is 9.59 Å². The minimum Gasteiger partial charge on any atom is -0.379 e. The van der Waals surface area contributed by atoms with Gasteiger partial charge in [-0.25, -0.2) is 0 Å². The summed E-state index contributed by atoms with van der Waals surface area (Å²) in [5.74, 6) is 0.235. The lowest BCUT2D eigenvalue weighted by molar-refractivity contribution is -0.136. The third-order valence-corrected chi connectivity index (χ3v) is 4.55. The number of carbonyl (C=O) groups excluding carboxylic acids is 2. The van der Waals surface area contributed by atoms with Crippen molar-refractivity contribution in [3.63, 3.8) is 0 Å². The Morgan fingerprint density at radius 1 is 1.04 bits per heavy atom. The van der Waals surface area contributed by atoms with Crippen molar-refractivity contribution in [3.05, 3.63) is 0 Å². The topological polar surface area (TPSA) is 65.1 Å². The first-order valence-electron chi connectivity index (χ1n) is 8.90. The summed E-state index contributed by atoms with van der Waals surface area (Å²) in [6.07, 6.45) is 0. The zero-order valence-corrected chi connectivity index (χ0v) is 15.5. The van der Waals surface area contributed by atoms with Gasteiger partial charge in [-0.3, -0.25) is 19.4 Å². The van der Waals surface area contributed by atoms with Crippen LogP contribution in [0.2, 0.25) is 0 Å². The van der Waals surface area contributed by atoms with Gasteiger partial charge in [-0.2, -0.15) is 0 Å². The first-order valence-corrected chi connectivity index (χ1v) is 8.90. The van der Waals surface area contributed by atoms with Gasteiger partial charge in [0.25, 0.3) is 0 Å². The molecule has 2 fully saturated rings. The molecule has 1 unspecified atom stereocenters. The Balaban J connectivity index is 1.75.